The number of piperazine rings is 1. The molecule has 0 radical (unpaired) electrons. The van der Waals surface area contributed by atoms with E-state index in [2.05, 4.69) is 38.0 Å². The molecule has 158 valence electrons. The summed E-state index contributed by atoms with van der Waals surface area (Å²) in [7, 11) is 1.93. The van der Waals surface area contributed by atoms with Crippen molar-refractivity contribution in [2.45, 2.75) is 26.9 Å². The third-order valence-electron chi connectivity index (χ3n) is 5.65. The van der Waals surface area contributed by atoms with Crippen LogP contribution in [0.3, 0.4) is 0 Å². The summed E-state index contributed by atoms with van der Waals surface area (Å²) >= 11 is 3.57. The molecule has 30 heavy (non-hydrogen) atoms. The topological polar surface area (TPSA) is 59.2 Å². The van der Waals surface area contributed by atoms with Gasteiger partial charge >= 0.3 is 0 Å². The first-order valence-corrected chi connectivity index (χ1v) is 11.0. The van der Waals surface area contributed by atoms with Gasteiger partial charge in [0, 0.05) is 57.1 Å². The highest BCUT2D eigenvalue weighted by Crippen LogP contribution is 2.21. The van der Waals surface area contributed by atoms with Crippen molar-refractivity contribution in [3.8, 4) is 0 Å². The molecule has 1 aliphatic heterocycles. The van der Waals surface area contributed by atoms with Gasteiger partial charge in [0.05, 0.1) is 28.6 Å². The standard InChI is InChI=1S/C22H27BrN6O/c1-16-21(23)17(2)29(25-16)15-18-4-6-20(7-5-18)22(30)28-10-8-27(9-11-28)14-19-12-24-26(3)13-19/h4-7,12-13H,8-11,14-15H2,1-3H3. The molecule has 3 aromatic rings. The van der Waals surface area contributed by atoms with Crippen LogP contribution in [0.25, 0.3) is 0 Å². The average Bonchev–Trinajstić information content (AvgIpc) is 3.26. The van der Waals surface area contributed by atoms with Crippen LogP contribution < -0.4 is 0 Å². The van der Waals surface area contributed by atoms with Crippen molar-refractivity contribution in [3.63, 3.8) is 0 Å². The first-order valence-electron chi connectivity index (χ1n) is 10.2. The predicted molar refractivity (Wildman–Crippen MR) is 119 cm³/mol. The van der Waals surface area contributed by atoms with Crippen molar-refractivity contribution in [3.05, 3.63) is 69.2 Å². The number of benzene rings is 1. The van der Waals surface area contributed by atoms with Crippen LogP contribution in [0.15, 0.2) is 41.1 Å². The number of hydrogen-bond acceptors (Lipinski definition) is 4. The predicted octanol–water partition coefficient (Wildman–Crippen LogP) is 3.00. The van der Waals surface area contributed by atoms with E-state index in [1.807, 2.05) is 64.9 Å². The van der Waals surface area contributed by atoms with Crippen molar-refractivity contribution in [1.29, 1.82) is 0 Å². The number of aromatic nitrogens is 4. The van der Waals surface area contributed by atoms with Crippen LogP contribution in [0.2, 0.25) is 0 Å². The van der Waals surface area contributed by atoms with E-state index in [9.17, 15) is 4.79 Å². The van der Waals surface area contributed by atoms with Crippen LogP contribution >= 0.6 is 15.9 Å². The highest BCUT2D eigenvalue weighted by atomic mass is 79.9. The van der Waals surface area contributed by atoms with E-state index in [0.717, 1.165) is 59.7 Å². The summed E-state index contributed by atoms with van der Waals surface area (Å²) < 4.78 is 4.86. The second-order valence-electron chi connectivity index (χ2n) is 7.93. The molecule has 0 N–H and O–H groups in total. The molecule has 1 amide bonds. The van der Waals surface area contributed by atoms with E-state index in [1.165, 1.54) is 5.56 Å². The fraction of sp³-hybridized carbons (Fsp3) is 0.409. The summed E-state index contributed by atoms with van der Waals surface area (Å²) in [4.78, 5) is 17.2. The van der Waals surface area contributed by atoms with Crippen molar-refractivity contribution >= 4 is 21.8 Å². The maximum atomic E-state index is 12.9. The molecule has 3 heterocycles. The normalized spacial score (nSPS) is 15.0. The van der Waals surface area contributed by atoms with Crippen molar-refractivity contribution in [1.82, 2.24) is 29.4 Å². The summed E-state index contributed by atoms with van der Waals surface area (Å²) in [6.07, 6.45) is 3.95. The fourth-order valence-corrected chi connectivity index (χ4v) is 4.14. The Bertz CT molecular complexity index is 1030. The lowest BCUT2D eigenvalue weighted by Crippen LogP contribution is -2.48. The van der Waals surface area contributed by atoms with Gasteiger partial charge in [-0.1, -0.05) is 12.1 Å². The summed E-state index contributed by atoms with van der Waals surface area (Å²) in [6.45, 7) is 8.88. The van der Waals surface area contributed by atoms with Crippen LogP contribution in [-0.4, -0.2) is 61.4 Å². The Morgan fingerprint density at radius 1 is 1.03 bits per heavy atom. The van der Waals surface area contributed by atoms with Gasteiger partial charge in [-0.15, -0.1) is 0 Å². The molecule has 1 fully saturated rings. The molecule has 7 nitrogen and oxygen atoms in total. The maximum absolute atomic E-state index is 12.9. The molecule has 0 atom stereocenters. The van der Waals surface area contributed by atoms with Gasteiger partial charge < -0.3 is 4.90 Å². The third kappa shape index (κ3) is 4.49. The number of hydrogen-bond donors (Lipinski definition) is 0. The van der Waals surface area contributed by atoms with Gasteiger partial charge in [0.2, 0.25) is 0 Å². The second kappa shape index (κ2) is 8.73. The molecule has 8 heteroatoms. The molecule has 2 aromatic heterocycles. The SMILES string of the molecule is Cc1nn(Cc2ccc(C(=O)N3CCN(Cc4cnn(C)c4)CC3)cc2)c(C)c1Br. The number of carbonyl (C=O) groups is 1. The smallest absolute Gasteiger partial charge is 0.253 e. The summed E-state index contributed by atoms with van der Waals surface area (Å²) in [6, 6.07) is 7.91. The van der Waals surface area contributed by atoms with Crippen molar-refractivity contribution in [2.75, 3.05) is 26.2 Å². The van der Waals surface area contributed by atoms with Crippen LogP contribution in [-0.2, 0) is 20.1 Å². The fourth-order valence-electron chi connectivity index (χ4n) is 3.86. The van der Waals surface area contributed by atoms with E-state index in [-0.39, 0.29) is 5.91 Å². The first kappa shape index (κ1) is 20.8. The molecule has 1 aliphatic rings. The molecular formula is C22H27BrN6O. The largest absolute Gasteiger partial charge is 0.336 e. The minimum Gasteiger partial charge on any atom is -0.336 e. The zero-order valence-electron chi connectivity index (χ0n) is 17.7. The van der Waals surface area contributed by atoms with Gasteiger partial charge in [0.25, 0.3) is 5.91 Å². The molecular weight excluding hydrogens is 444 g/mol. The van der Waals surface area contributed by atoms with E-state index in [4.69, 9.17) is 0 Å². The summed E-state index contributed by atoms with van der Waals surface area (Å²) in [5.74, 6) is 0.108. The van der Waals surface area contributed by atoms with Crippen LogP contribution in [0.4, 0.5) is 0 Å². The summed E-state index contributed by atoms with van der Waals surface area (Å²) in [5, 5.41) is 8.79. The van der Waals surface area contributed by atoms with Crippen LogP contribution in [0.1, 0.15) is 32.9 Å². The third-order valence-corrected chi connectivity index (χ3v) is 6.80. The number of amides is 1. The van der Waals surface area contributed by atoms with E-state index in [1.54, 1.807) is 0 Å². The first-order chi connectivity index (χ1) is 14.4. The molecule has 0 spiro atoms. The van der Waals surface area contributed by atoms with E-state index in [0.29, 0.717) is 6.54 Å². The highest BCUT2D eigenvalue weighted by molar-refractivity contribution is 9.10. The Hall–Kier alpha value is -2.45. The maximum Gasteiger partial charge on any atom is 0.253 e. The van der Waals surface area contributed by atoms with Crippen LogP contribution in [0.5, 0.6) is 0 Å². The Balaban J connectivity index is 1.33. The van der Waals surface area contributed by atoms with Crippen LogP contribution in [0, 0.1) is 13.8 Å². The second-order valence-corrected chi connectivity index (χ2v) is 8.72. The lowest BCUT2D eigenvalue weighted by atomic mass is 10.1. The molecule has 0 saturated carbocycles. The zero-order valence-corrected chi connectivity index (χ0v) is 19.3. The Kier molecular flexibility index (Phi) is 6.06. The van der Waals surface area contributed by atoms with Gasteiger partial charge in [-0.25, -0.2) is 0 Å². The summed E-state index contributed by atoms with van der Waals surface area (Å²) in [5.41, 5.74) is 5.18. The Morgan fingerprint density at radius 3 is 2.30 bits per heavy atom. The minimum atomic E-state index is 0.108. The molecule has 0 bridgehead atoms. The molecule has 0 aliphatic carbocycles. The van der Waals surface area contributed by atoms with E-state index < -0.39 is 0 Å². The lowest BCUT2D eigenvalue weighted by Gasteiger charge is -2.34. The Morgan fingerprint density at radius 2 is 1.73 bits per heavy atom. The number of rotatable bonds is 5. The van der Waals surface area contributed by atoms with Gasteiger partial charge in [-0.05, 0) is 47.5 Å². The number of halogens is 1. The Labute approximate surface area is 185 Å². The molecule has 1 saturated heterocycles. The highest BCUT2D eigenvalue weighted by Gasteiger charge is 2.22. The average molecular weight is 471 g/mol. The monoisotopic (exact) mass is 470 g/mol. The minimum absolute atomic E-state index is 0.108. The number of aryl methyl sites for hydroxylation is 2. The van der Waals surface area contributed by atoms with Gasteiger partial charge in [0.1, 0.15) is 0 Å². The number of carbonyl (C=O) groups excluding carboxylic acids is 1. The van der Waals surface area contributed by atoms with Gasteiger partial charge in [0.15, 0.2) is 0 Å². The van der Waals surface area contributed by atoms with Gasteiger partial charge in [-0.3, -0.25) is 19.1 Å². The lowest BCUT2D eigenvalue weighted by molar-refractivity contribution is 0.0628. The molecule has 4 rings (SSSR count). The zero-order chi connectivity index (χ0) is 21.3. The van der Waals surface area contributed by atoms with Crippen molar-refractivity contribution < 1.29 is 4.79 Å². The van der Waals surface area contributed by atoms with Gasteiger partial charge in [-0.2, -0.15) is 10.2 Å². The quantitative estimate of drug-likeness (QED) is 0.574. The molecule has 1 aromatic carbocycles. The van der Waals surface area contributed by atoms with E-state index >= 15 is 0 Å². The molecule has 0 unspecified atom stereocenters. The van der Waals surface area contributed by atoms with Crippen molar-refractivity contribution in [2.24, 2.45) is 7.05 Å². The number of nitrogens with zero attached hydrogens (tertiary/aromatic N) is 6.